The Morgan fingerprint density at radius 3 is 2.53 bits per heavy atom. The van der Waals surface area contributed by atoms with Crippen LogP contribution in [0, 0.1) is 5.41 Å². The Morgan fingerprint density at radius 2 is 2.05 bits per heavy atom. The van der Waals surface area contributed by atoms with Crippen LogP contribution in [-0.4, -0.2) is 29.3 Å². The maximum Gasteiger partial charge on any atom is 0.226 e. The molecule has 5 nitrogen and oxygen atoms in total. The highest BCUT2D eigenvalue weighted by Crippen LogP contribution is 2.18. The van der Waals surface area contributed by atoms with E-state index in [0.29, 0.717) is 12.6 Å². The molecule has 0 aromatic carbocycles. The van der Waals surface area contributed by atoms with E-state index < -0.39 is 5.41 Å². The largest absolute Gasteiger partial charge is 0.359 e. The van der Waals surface area contributed by atoms with E-state index in [1.54, 1.807) is 7.05 Å². The minimum absolute atomic E-state index is 0.0464. The van der Waals surface area contributed by atoms with Crippen LogP contribution in [0.15, 0.2) is 12.4 Å². The first-order valence-corrected chi connectivity index (χ1v) is 6.77. The Balaban J connectivity index is 2.59. The molecular formula is C14H26N4O. The van der Waals surface area contributed by atoms with E-state index in [1.807, 2.05) is 24.7 Å². The van der Waals surface area contributed by atoms with Gasteiger partial charge >= 0.3 is 0 Å². The molecule has 0 saturated heterocycles. The summed E-state index contributed by atoms with van der Waals surface area (Å²) in [6.07, 6.45) is 3.93. The number of carbonyl (C=O) groups excluding carboxylic acids is 1. The van der Waals surface area contributed by atoms with Crippen LogP contribution < -0.4 is 10.6 Å². The Hall–Kier alpha value is -1.36. The molecule has 0 aliphatic rings. The second-order valence-corrected chi connectivity index (χ2v) is 5.91. The molecule has 5 heteroatoms. The van der Waals surface area contributed by atoms with Crippen molar-refractivity contribution in [3.8, 4) is 0 Å². The molecule has 1 atom stereocenters. The first kappa shape index (κ1) is 15.7. The summed E-state index contributed by atoms with van der Waals surface area (Å²) >= 11 is 0. The van der Waals surface area contributed by atoms with Crippen molar-refractivity contribution in [1.82, 2.24) is 20.4 Å². The molecule has 0 aliphatic heterocycles. The number of amides is 1. The highest BCUT2D eigenvalue weighted by atomic mass is 16.2. The second-order valence-electron chi connectivity index (χ2n) is 5.91. The summed E-state index contributed by atoms with van der Waals surface area (Å²) < 4.78 is 1.94. The lowest BCUT2D eigenvalue weighted by atomic mass is 9.92. The van der Waals surface area contributed by atoms with Crippen LogP contribution in [0.5, 0.6) is 0 Å². The van der Waals surface area contributed by atoms with Gasteiger partial charge in [-0.2, -0.15) is 5.10 Å². The molecule has 1 rings (SSSR count). The molecule has 0 bridgehead atoms. The van der Waals surface area contributed by atoms with Gasteiger partial charge in [0.05, 0.1) is 11.6 Å². The first-order valence-electron chi connectivity index (χ1n) is 6.77. The Bertz CT molecular complexity index is 423. The van der Waals surface area contributed by atoms with E-state index in [1.165, 1.54) is 0 Å². The van der Waals surface area contributed by atoms with Crippen LogP contribution in [-0.2, 0) is 4.79 Å². The van der Waals surface area contributed by atoms with E-state index in [0.717, 1.165) is 5.56 Å². The zero-order chi connectivity index (χ0) is 14.6. The van der Waals surface area contributed by atoms with Gasteiger partial charge in [0.2, 0.25) is 5.91 Å². The van der Waals surface area contributed by atoms with Crippen molar-refractivity contribution in [2.45, 2.75) is 46.7 Å². The van der Waals surface area contributed by atoms with E-state index in [2.05, 4.69) is 42.7 Å². The smallest absolute Gasteiger partial charge is 0.226 e. The lowest BCUT2D eigenvalue weighted by Gasteiger charge is -2.25. The van der Waals surface area contributed by atoms with Crippen LogP contribution in [0.4, 0.5) is 0 Å². The van der Waals surface area contributed by atoms with Gasteiger partial charge in [0.15, 0.2) is 0 Å². The number of carbonyl (C=O) groups is 1. The number of nitrogens with one attached hydrogen (secondary N) is 2. The number of nitrogens with zero attached hydrogens (tertiary/aromatic N) is 2. The van der Waals surface area contributed by atoms with E-state index >= 15 is 0 Å². The van der Waals surface area contributed by atoms with Gasteiger partial charge in [-0.25, -0.2) is 0 Å². The zero-order valence-corrected chi connectivity index (χ0v) is 12.8. The Morgan fingerprint density at radius 1 is 1.42 bits per heavy atom. The van der Waals surface area contributed by atoms with Crippen molar-refractivity contribution in [3.63, 3.8) is 0 Å². The molecule has 0 saturated carbocycles. The number of hydrogen-bond acceptors (Lipinski definition) is 3. The maximum atomic E-state index is 11.7. The number of hydrogen-bond donors (Lipinski definition) is 2. The topological polar surface area (TPSA) is 59.0 Å². The highest BCUT2D eigenvalue weighted by Gasteiger charge is 2.27. The lowest BCUT2D eigenvalue weighted by Crippen LogP contribution is -2.42. The Kier molecular flexibility index (Phi) is 5.11. The van der Waals surface area contributed by atoms with Crippen LogP contribution in [0.25, 0.3) is 0 Å². The summed E-state index contributed by atoms with van der Waals surface area (Å²) in [6, 6.07) is 0.541. The molecule has 0 radical (unpaired) electrons. The fourth-order valence-electron chi connectivity index (χ4n) is 1.80. The fraction of sp³-hybridized carbons (Fsp3) is 0.714. The third-order valence-corrected chi connectivity index (χ3v) is 3.34. The van der Waals surface area contributed by atoms with Gasteiger partial charge in [-0.3, -0.25) is 9.48 Å². The van der Waals surface area contributed by atoms with Crippen molar-refractivity contribution in [3.05, 3.63) is 18.0 Å². The van der Waals surface area contributed by atoms with Gasteiger partial charge in [-0.05, 0) is 34.6 Å². The average molecular weight is 266 g/mol. The summed E-state index contributed by atoms with van der Waals surface area (Å²) in [4.78, 5) is 11.7. The predicted molar refractivity (Wildman–Crippen MR) is 76.9 cm³/mol. The van der Waals surface area contributed by atoms with Crippen LogP contribution in [0.3, 0.4) is 0 Å². The minimum Gasteiger partial charge on any atom is -0.359 e. The highest BCUT2D eigenvalue weighted by molar-refractivity contribution is 5.81. The molecule has 108 valence electrons. The summed E-state index contributed by atoms with van der Waals surface area (Å²) in [5.41, 5.74) is 0.721. The monoisotopic (exact) mass is 266 g/mol. The zero-order valence-electron chi connectivity index (χ0n) is 12.8. The van der Waals surface area contributed by atoms with Crippen molar-refractivity contribution in [2.24, 2.45) is 5.41 Å². The van der Waals surface area contributed by atoms with Gasteiger partial charge in [-0.15, -0.1) is 0 Å². The third kappa shape index (κ3) is 4.06. The molecule has 2 N–H and O–H groups in total. The molecule has 0 spiro atoms. The average Bonchev–Trinajstić information content (AvgIpc) is 2.84. The van der Waals surface area contributed by atoms with Gasteiger partial charge in [0, 0.05) is 37.4 Å². The molecule has 0 fully saturated rings. The summed E-state index contributed by atoms with van der Waals surface area (Å²) in [5, 5.41) is 10.4. The third-order valence-electron chi connectivity index (χ3n) is 3.34. The maximum absolute atomic E-state index is 11.7. The van der Waals surface area contributed by atoms with E-state index in [9.17, 15) is 4.79 Å². The van der Waals surface area contributed by atoms with Crippen molar-refractivity contribution < 1.29 is 4.79 Å². The minimum atomic E-state index is -0.420. The normalized spacial score (nSPS) is 13.6. The molecular weight excluding hydrogens is 240 g/mol. The number of rotatable bonds is 6. The first-order chi connectivity index (χ1) is 8.77. The van der Waals surface area contributed by atoms with Gasteiger partial charge in [-0.1, -0.05) is 0 Å². The lowest BCUT2D eigenvalue weighted by molar-refractivity contribution is -0.128. The fourth-order valence-corrected chi connectivity index (χ4v) is 1.80. The molecule has 0 unspecified atom stereocenters. The number of aromatic nitrogens is 2. The van der Waals surface area contributed by atoms with E-state index in [-0.39, 0.29) is 11.9 Å². The summed E-state index contributed by atoms with van der Waals surface area (Å²) in [6.45, 7) is 10.8. The second kappa shape index (κ2) is 6.19. The van der Waals surface area contributed by atoms with Crippen LogP contribution in [0.2, 0.25) is 0 Å². The molecule has 1 heterocycles. The standard InChI is InChI=1S/C14H26N4O/c1-10(2)18-8-12(7-17-18)11(3)16-9-14(4,5)13(19)15-6/h7-8,10-11,16H,9H2,1-6H3,(H,15,19)/t11-/m0/s1. The van der Waals surface area contributed by atoms with Crippen molar-refractivity contribution in [2.75, 3.05) is 13.6 Å². The molecule has 1 aromatic rings. The van der Waals surface area contributed by atoms with Gasteiger partial charge in [0.25, 0.3) is 0 Å². The molecule has 19 heavy (non-hydrogen) atoms. The Labute approximate surface area is 115 Å². The molecule has 0 aliphatic carbocycles. The van der Waals surface area contributed by atoms with Gasteiger partial charge < -0.3 is 10.6 Å². The van der Waals surface area contributed by atoms with E-state index in [4.69, 9.17) is 0 Å². The van der Waals surface area contributed by atoms with Crippen LogP contribution >= 0.6 is 0 Å². The molecule has 1 amide bonds. The summed E-state index contributed by atoms with van der Waals surface area (Å²) in [5.74, 6) is 0.0464. The molecule has 1 aromatic heterocycles. The summed E-state index contributed by atoms with van der Waals surface area (Å²) in [7, 11) is 1.67. The van der Waals surface area contributed by atoms with Crippen molar-refractivity contribution >= 4 is 5.91 Å². The van der Waals surface area contributed by atoms with Gasteiger partial charge in [0.1, 0.15) is 0 Å². The predicted octanol–water partition coefficient (Wildman–Crippen LogP) is 1.89. The van der Waals surface area contributed by atoms with Crippen molar-refractivity contribution in [1.29, 1.82) is 0 Å². The van der Waals surface area contributed by atoms with Crippen LogP contribution in [0.1, 0.15) is 52.3 Å². The SMILES string of the molecule is CNC(=O)C(C)(C)CN[C@@H](C)c1cnn(C(C)C)c1. The quantitative estimate of drug-likeness (QED) is 0.826.